The van der Waals surface area contributed by atoms with E-state index in [0.717, 1.165) is 23.6 Å². The van der Waals surface area contributed by atoms with Crippen molar-refractivity contribution in [1.82, 2.24) is 29.6 Å². The van der Waals surface area contributed by atoms with E-state index in [4.69, 9.17) is 0 Å². The summed E-state index contributed by atoms with van der Waals surface area (Å²) in [4.78, 5) is 29.8. The molecule has 1 aliphatic rings. The Kier molecular flexibility index (Phi) is 6.36. The van der Waals surface area contributed by atoms with Gasteiger partial charge < -0.3 is 9.80 Å². The van der Waals surface area contributed by atoms with Crippen LogP contribution in [0.1, 0.15) is 5.69 Å². The van der Waals surface area contributed by atoms with Gasteiger partial charge >= 0.3 is 0 Å². The highest BCUT2D eigenvalue weighted by atomic mass is 19.2. The van der Waals surface area contributed by atoms with E-state index in [9.17, 15) is 18.0 Å². The van der Waals surface area contributed by atoms with E-state index in [0.29, 0.717) is 37.6 Å². The topological polar surface area (TPSA) is 80.0 Å². The van der Waals surface area contributed by atoms with Gasteiger partial charge in [0.15, 0.2) is 29.1 Å². The summed E-state index contributed by atoms with van der Waals surface area (Å²) in [6, 6.07) is 12.6. The lowest BCUT2D eigenvalue weighted by Gasteiger charge is -2.35. The van der Waals surface area contributed by atoms with Crippen molar-refractivity contribution in [1.29, 1.82) is 0 Å². The van der Waals surface area contributed by atoms with Crippen LogP contribution in [-0.2, 0) is 11.3 Å². The molecule has 0 unspecified atom stereocenters. The smallest absolute Gasteiger partial charge is 0.244 e. The number of hydrogen-bond acceptors (Lipinski definition) is 6. The fourth-order valence-corrected chi connectivity index (χ4v) is 4.09. The maximum atomic E-state index is 13.8. The third-order valence-corrected chi connectivity index (χ3v) is 5.98. The van der Waals surface area contributed by atoms with Crippen molar-refractivity contribution in [3.8, 4) is 22.8 Å². The lowest BCUT2D eigenvalue weighted by atomic mass is 10.2. The van der Waals surface area contributed by atoms with Crippen LogP contribution in [0.25, 0.3) is 22.8 Å². The third-order valence-electron chi connectivity index (χ3n) is 5.98. The van der Waals surface area contributed by atoms with Crippen molar-refractivity contribution in [3.63, 3.8) is 0 Å². The van der Waals surface area contributed by atoms with Crippen LogP contribution >= 0.6 is 0 Å². The van der Waals surface area contributed by atoms with Gasteiger partial charge in [0.05, 0.1) is 0 Å². The van der Waals surface area contributed by atoms with Crippen LogP contribution in [0, 0.1) is 24.4 Å². The first-order valence-corrected chi connectivity index (χ1v) is 11.4. The highest BCUT2D eigenvalue weighted by molar-refractivity contribution is 5.77. The number of benzene rings is 2. The minimum atomic E-state index is -1.56. The first-order chi connectivity index (χ1) is 17.4. The van der Waals surface area contributed by atoms with Crippen LogP contribution < -0.4 is 4.90 Å². The second-order valence-corrected chi connectivity index (χ2v) is 8.42. The third kappa shape index (κ3) is 4.77. The molecular weight excluding hydrogens is 471 g/mol. The molecule has 3 heterocycles. The molecule has 1 aliphatic heterocycles. The monoisotopic (exact) mass is 493 g/mol. The number of rotatable bonds is 5. The summed E-state index contributed by atoms with van der Waals surface area (Å²) in [5, 5.41) is 4.35. The van der Waals surface area contributed by atoms with E-state index in [-0.39, 0.29) is 23.8 Å². The van der Waals surface area contributed by atoms with E-state index in [1.54, 1.807) is 29.2 Å². The number of amides is 1. The zero-order chi connectivity index (χ0) is 25.2. The van der Waals surface area contributed by atoms with Crippen molar-refractivity contribution < 1.29 is 18.0 Å². The van der Waals surface area contributed by atoms with Crippen LogP contribution in [-0.4, -0.2) is 61.7 Å². The number of piperazine rings is 1. The average molecular weight is 493 g/mol. The largest absolute Gasteiger partial charge is 0.353 e. The molecule has 5 rings (SSSR count). The molecule has 0 atom stereocenters. The fourth-order valence-electron chi connectivity index (χ4n) is 4.09. The number of nitrogens with zero attached hydrogens (tertiary/aromatic N) is 7. The number of carbonyl (C=O) groups excluding carboxylic acids is 1. The molecule has 1 saturated heterocycles. The highest BCUT2D eigenvalue weighted by Gasteiger charge is 2.25. The van der Waals surface area contributed by atoms with Crippen molar-refractivity contribution in [3.05, 3.63) is 78.0 Å². The zero-order valence-electron chi connectivity index (χ0n) is 19.4. The van der Waals surface area contributed by atoms with Crippen LogP contribution in [0.5, 0.6) is 0 Å². The first-order valence-electron chi connectivity index (χ1n) is 11.4. The number of carbonyl (C=O) groups is 1. The molecule has 0 N–H and O–H groups in total. The minimum Gasteiger partial charge on any atom is -0.353 e. The molecule has 0 spiro atoms. The van der Waals surface area contributed by atoms with Gasteiger partial charge in [-0.05, 0) is 19.1 Å². The maximum Gasteiger partial charge on any atom is 0.244 e. The molecule has 8 nitrogen and oxygen atoms in total. The van der Waals surface area contributed by atoms with Crippen molar-refractivity contribution in [2.45, 2.75) is 13.5 Å². The van der Waals surface area contributed by atoms with E-state index in [2.05, 4.69) is 25.0 Å². The number of hydrogen-bond donors (Lipinski definition) is 0. The Morgan fingerprint density at radius 3 is 2.28 bits per heavy atom. The van der Waals surface area contributed by atoms with E-state index >= 15 is 0 Å². The molecule has 11 heteroatoms. The molecule has 1 fully saturated rings. The second-order valence-electron chi connectivity index (χ2n) is 8.42. The summed E-state index contributed by atoms with van der Waals surface area (Å²) in [7, 11) is 0. The van der Waals surface area contributed by atoms with Crippen LogP contribution in [0.2, 0.25) is 0 Å². The van der Waals surface area contributed by atoms with E-state index in [1.165, 1.54) is 11.0 Å². The molecule has 0 bridgehead atoms. The van der Waals surface area contributed by atoms with Gasteiger partial charge in [0, 0.05) is 49.1 Å². The second kappa shape index (κ2) is 9.76. The summed E-state index contributed by atoms with van der Waals surface area (Å²) in [5.41, 5.74) is 1.52. The molecule has 4 aromatic rings. The minimum absolute atomic E-state index is 0.0107. The summed E-state index contributed by atoms with van der Waals surface area (Å²) < 4.78 is 42.5. The number of aromatic nitrogens is 5. The van der Waals surface area contributed by atoms with Gasteiger partial charge in [-0.3, -0.25) is 4.79 Å². The van der Waals surface area contributed by atoms with Gasteiger partial charge in [0.1, 0.15) is 18.7 Å². The molecule has 0 radical (unpaired) electrons. The van der Waals surface area contributed by atoms with Crippen LogP contribution in [0.3, 0.4) is 0 Å². The number of aryl methyl sites for hydroxylation is 1. The van der Waals surface area contributed by atoms with Crippen LogP contribution in [0.15, 0.2) is 54.9 Å². The Morgan fingerprint density at radius 1 is 0.917 bits per heavy atom. The summed E-state index contributed by atoms with van der Waals surface area (Å²) in [5.74, 6) is -3.24. The van der Waals surface area contributed by atoms with Crippen LogP contribution in [0.4, 0.5) is 19.0 Å². The van der Waals surface area contributed by atoms with Gasteiger partial charge in [-0.2, -0.15) is 0 Å². The van der Waals surface area contributed by atoms with Crippen molar-refractivity contribution >= 4 is 11.7 Å². The Bertz CT molecular complexity index is 1380. The highest BCUT2D eigenvalue weighted by Crippen LogP contribution is 2.25. The lowest BCUT2D eigenvalue weighted by Crippen LogP contribution is -2.50. The number of halogens is 3. The van der Waals surface area contributed by atoms with Gasteiger partial charge in [0.25, 0.3) is 0 Å². The molecule has 184 valence electrons. The molecule has 0 aliphatic carbocycles. The van der Waals surface area contributed by atoms with Crippen molar-refractivity contribution in [2.24, 2.45) is 0 Å². The van der Waals surface area contributed by atoms with E-state index < -0.39 is 17.5 Å². The van der Waals surface area contributed by atoms with Crippen molar-refractivity contribution in [2.75, 3.05) is 31.1 Å². The predicted octanol–water partition coefficient (Wildman–Crippen LogP) is 3.48. The Hall–Kier alpha value is -4.28. The average Bonchev–Trinajstić information content (AvgIpc) is 3.31. The molecule has 2 aromatic carbocycles. The maximum absolute atomic E-state index is 13.8. The normalized spacial score (nSPS) is 13.8. The Balaban J connectivity index is 1.37. The first kappa shape index (κ1) is 23.5. The number of anilines is 1. The lowest BCUT2D eigenvalue weighted by molar-refractivity contribution is -0.132. The molecule has 0 saturated carbocycles. The van der Waals surface area contributed by atoms with Gasteiger partial charge in [-0.15, -0.1) is 5.10 Å². The SMILES string of the molecule is Cc1cc(N2CCN(C(=O)Cn3nc(-c4cc(F)c(F)c(F)c4)nc3-c3ccccc3)CC2)ncn1. The van der Waals surface area contributed by atoms with Gasteiger partial charge in [-0.25, -0.2) is 32.8 Å². The molecule has 36 heavy (non-hydrogen) atoms. The molecule has 2 aromatic heterocycles. The summed E-state index contributed by atoms with van der Waals surface area (Å²) in [6.07, 6.45) is 1.52. The Labute approximate surface area is 205 Å². The van der Waals surface area contributed by atoms with Gasteiger partial charge in [0.2, 0.25) is 5.91 Å². The fraction of sp³-hybridized carbons (Fsp3) is 0.240. The quantitative estimate of drug-likeness (QED) is 0.396. The molecule has 1 amide bonds. The molecular formula is C25H22F3N7O. The Morgan fingerprint density at radius 2 is 1.61 bits per heavy atom. The predicted molar refractivity (Wildman–Crippen MR) is 126 cm³/mol. The standard InChI is InChI=1S/C25H22F3N7O/c1-16-11-21(30-15-29-16)33-7-9-34(10-8-33)22(36)14-35-25(17-5-3-2-4-6-17)31-24(32-35)18-12-19(26)23(28)20(27)13-18/h2-6,11-13,15H,7-10,14H2,1H3. The summed E-state index contributed by atoms with van der Waals surface area (Å²) >= 11 is 0. The van der Waals surface area contributed by atoms with Gasteiger partial charge in [-0.1, -0.05) is 30.3 Å². The zero-order valence-corrected chi connectivity index (χ0v) is 19.4. The summed E-state index contributed by atoms with van der Waals surface area (Å²) in [6.45, 7) is 4.01. The van der Waals surface area contributed by atoms with E-state index in [1.807, 2.05) is 19.1 Å².